The third-order valence-electron chi connectivity index (χ3n) is 7.09. The van der Waals surface area contributed by atoms with Crippen LogP contribution in [0.3, 0.4) is 0 Å². The van der Waals surface area contributed by atoms with Gasteiger partial charge < -0.3 is 29.0 Å². The van der Waals surface area contributed by atoms with E-state index in [1.165, 1.54) is 12.0 Å². The second-order valence-electron chi connectivity index (χ2n) is 9.47. The van der Waals surface area contributed by atoms with Crippen LogP contribution in [0.1, 0.15) is 46.5 Å². The van der Waals surface area contributed by atoms with Crippen molar-refractivity contribution in [1.82, 2.24) is 5.32 Å². The quantitative estimate of drug-likeness (QED) is 0.311. The number of epoxide rings is 1. The summed E-state index contributed by atoms with van der Waals surface area (Å²) in [4.78, 5) is 12.3. The molecular weight excluding hydrogens is 386 g/mol. The number of allylic oxidation sites excluding steroid dienone is 2. The first-order chi connectivity index (χ1) is 14.4. The van der Waals surface area contributed by atoms with Gasteiger partial charge in [0, 0.05) is 26.7 Å². The van der Waals surface area contributed by atoms with Crippen molar-refractivity contribution in [3.8, 4) is 0 Å². The molecule has 3 aliphatic rings. The van der Waals surface area contributed by atoms with Crippen LogP contribution in [0.2, 0.25) is 0 Å². The normalized spacial score (nSPS) is 37.0. The van der Waals surface area contributed by atoms with Gasteiger partial charge in [-0.2, -0.15) is 0 Å². The average Bonchev–Trinajstić information content (AvgIpc) is 3.62. The molecular formula is C23H39NO6. The maximum Gasteiger partial charge on any atom is 0.407 e. The Morgan fingerprint density at radius 3 is 2.63 bits per heavy atom. The summed E-state index contributed by atoms with van der Waals surface area (Å²) in [6.45, 7) is 9.34. The molecule has 0 radical (unpaired) electrons. The molecule has 3 fully saturated rings. The lowest BCUT2D eigenvalue weighted by molar-refractivity contribution is -0.120. The number of nitrogens with one attached hydrogen (secondary N) is 1. The molecule has 1 heterocycles. The van der Waals surface area contributed by atoms with Crippen LogP contribution in [-0.4, -0.2) is 71.1 Å². The monoisotopic (exact) mass is 425 g/mol. The largest absolute Gasteiger partial charge is 0.443 e. The van der Waals surface area contributed by atoms with E-state index >= 15 is 0 Å². The molecule has 0 aromatic rings. The number of methoxy groups -OCH3 is 2. The molecule has 1 saturated heterocycles. The van der Waals surface area contributed by atoms with Gasteiger partial charge in [0.05, 0.1) is 32.0 Å². The van der Waals surface area contributed by atoms with Crippen molar-refractivity contribution in [2.45, 2.75) is 64.3 Å². The molecule has 7 heteroatoms. The number of hydrogen-bond donors (Lipinski definition) is 1. The predicted octanol–water partition coefficient (Wildman–Crippen LogP) is 3.32. The first-order valence-electron chi connectivity index (χ1n) is 11.2. The Labute approximate surface area is 180 Å². The molecule has 0 bridgehead atoms. The van der Waals surface area contributed by atoms with E-state index < -0.39 is 6.09 Å². The Kier molecular flexibility index (Phi) is 7.82. The molecule has 1 spiro atoms. The van der Waals surface area contributed by atoms with E-state index in [4.69, 9.17) is 23.7 Å². The van der Waals surface area contributed by atoms with Gasteiger partial charge >= 0.3 is 6.09 Å². The first kappa shape index (κ1) is 23.5. The zero-order chi connectivity index (χ0) is 21.8. The number of carbonyl (C=O) groups is 1. The van der Waals surface area contributed by atoms with Gasteiger partial charge in [-0.15, -0.1) is 0 Å². The Bertz CT molecular complexity index is 615. The number of ether oxygens (including phenoxy) is 5. The van der Waals surface area contributed by atoms with Crippen LogP contribution in [0.25, 0.3) is 0 Å². The summed E-state index contributed by atoms with van der Waals surface area (Å²) in [5, 5.41) is 2.78. The van der Waals surface area contributed by atoms with Gasteiger partial charge in [0.15, 0.2) is 0 Å². The fourth-order valence-electron chi connectivity index (χ4n) is 5.26. The van der Waals surface area contributed by atoms with Gasteiger partial charge in [0.1, 0.15) is 12.2 Å². The van der Waals surface area contributed by atoms with Crippen LogP contribution in [0.15, 0.2) is 11.6 Å². The second kappa shape index (κ2) is 9.98. The fourth-order valence-corrected chi connectivity index (χ4v) is 5.26. The molecule has 0 aromatic carbocycles. The molecule has 2 aliphatic carbocycles. The van der Waals surface area contributed by atoms with Crippen LogP contribution in [0.4, 0.5) is 4.79 Å². The van der Waals surface area contributed by atoms with Gasteiger partial charge in [0.25, 0.3) is 0 Å². The van der Waals surface area contributed by atoms with Gasteiger partial charge in [-0.25, -0.2) is 4.79 Å². The Morgan fingerprint density at radius 1 is 1.23 bits per heavy atom. The number of alkyl carbamates (subject to hydrolysis) is 1. The van der Waals surface area contributed by atoms with Crippen molar-refractivity contribution >= 4 is 6.09 Å². The molecule has 0 aromatic heterocycles. The molecule has 172 valence electrons. The summed E-state index contributed by atoms with van der Waals surface area (Å²) in [5.74, 6) is 0.877. The standard InChI is InChI=1S/C23H39NO6/c1-16(2)6-7-17-14-22(17,3)20-19(27-5)18(8-9-23(20)15-29-23)30-21(25)24-10-11-28-13-12-26-4/h6,17-20H,7-15H2,1-5H3,(H,24,25)/t17-,18+,19+,20+,22-,23?/m0/s1. The van der Waals surface area contributed by atoms with Gasteiger partial charge in [-0.1, -0.05) is 18.6 Å². The third kappa shape index (κ3) is 5.36. The maximum atomic E-state index is 12.3. The van der Waals surface area contributed by atoms with Crippen molar-refractivity contribution in [1.29, 1.82) is 0 Å². The number of carbonyl (C=O) groups excluding carboxylic acids is 1. The van der Waals surface area contributed by atoms with Crippen molar-refractivity contribution in [2.24, 2.45) is 17.3 Å². The molecule has 30 heavy (non-hydrogen) atoms. The SMILES string of the molecule is COCCOCCNC(=O)O[C@@H]1CCC2(CO2)[C@@H]([C@@]2(C)C[C@@H]2CC=C(C)C)[C@@H]1OC. The minimum Gasteiger partial charge on any atom is -0.443 e. The number of amides is 1. The van der Waals surface area contributed by atoms with Crippen LogP contribution >= 0.6 is 0 Å². The lowest BCUT2D eigenvalue weighted by Crippen LogP contribution is -2.54. The smallest absolute Gasteiger partial charge is 0.407 e. The summed E-state index contributed by atoms with van der Waals surface area (Å²) >= 11 is 0. The van der Waals surface area contributed by atoms with Gasteiger partial charge in [-0.05, 0) is 50.9 Å². The molecule has 1 amide bonds. The van der Waals surface area contributed by atoms with E-state index in [1.54, 1.807) is 14.2 Å². The highest BCUT2D eigenvalue weighted by Crippen LogP contribution is 2.68. The summed E-state index contributed by atoms with van der Waals surface area (Å²) in [5.41, 5.74) is 1.43. The zero-order valence-electron chi connectivity index (χ0n) is 19.2. The molecule has 1 unspecified atom stereocenters. The molecule has 3 rings (SSSR count). The average molecular weight is 426 g/mol. The van der Waals surface area contributed by atoms with E-state index in [-0.39, 0.29) is 29.1 Å². The Balaban J connectivity index is 1.56. The summed E-state index contributed by atoms with van der Waals surface area (Å²) in [6.07, 6.45) is 5.46. The Hall–Kier alpha value is -1.15. The first-order valence-corrected chi connectivity index (χ1v) is 11.2. The third-order valence-corrected chi connectivity index (χ3v) is 7.09. The van der Waals surface area contributed by atoms with Crippen LogP contribution in [0.5, 0.6) is 0 Å². The van der Waals surface area contributed by atoms with Gasteiger partial charge in [-0.3, -0.25) is 0 Å². The van der Waals surface area contributed by atoms with Crippen molar-refractivity contribution in [2.75, 3.05) is 47.2 Å². The zero-order valence-corrected chi connectivity index (χ0v) is 19.2. The molecule has 6 atom stereocenters. The summed E-state index contributed by atoms with van der Waals surface area (Å²) in [6, 6.07) is 0. The molecule has 2 saturated carbocycles. The maximum absolute atomic E-state index is 12.3. The topological polar surface area (TPSA) is 78.6 Å². The van der Waals surface area contributed by atoms with Gasteiger partial charge in [0.2, 0.25) is 0 Å². The minimum absolute atomic E-state index is 0.0966. The highest BCUT2D eigenvalue weighted by molar-refractivity contribution is 5.67. The van der Waals surface area contributed by atoms with Crippen molar-refractivity contribution < 1.29 is 28.5 Å². The molecule has 1 aliphatic heterocycles. The van der Waals surface area contributed by atoms with Crippen LogP contribution < -0.4 is 5.32 Å². The Morgan fingerprint density at radius 2 is 2.00 bits per heavy atom. The lowest BCUT2D eigenvalue weighted by Gasteiger charge is -2.44. The lowest BCUT2D eigenvalue weighted by atomic mass is 9.67. The number of rotatable bonds is 11. The van der Waals surface area contributed by atoms with E-state index in [9.17, 15) is 4.79 Å². The van der Waals surface area contributed by atoms with Crippen molar-refractivity contribution in [3.63, 3.8) is 0 Å². The van der Waals surface area contributed by atoms with Crippen LogP contribution in [0, 0.1) is 17.3 Å². The molecule has 7 nitrogen and oxygen atoms in total. The highest BCUT2D eigenvalue weighted by Gasteiger charge is 2.70. The van der Waals surface area contributed by atoms with E-state index in [0.717, 1.165) is 25.9 Å². The molecule has 1 N–H and O–H groups in total. The van der Waals surface area contributed by atoms with E-state index in [0.29, 0.717) is 32.3 Å². The van der Waals surface area contributed by atoms with E-state index in [2.05, 4.69) is 32.2 Å². The van der Waals surface area contributed by atoms with Crippen molar-refractivity contribution in [3.05, 3.63) is 11.6 Å². The van der Waals surface area contributed by atoms with Crippen LogP contribution in [-0.2, 0) is 23.7 Å². The fraction of sp³-hybridized carbons (Fsp3) is 0.870. The highest BCUT2D eigenvalue weighted by atomic mass is 16.6. The minimum atomic E-state index is -0.411. The summed E-state index contributed by atoms with van der Waals surface area (Å²) < 4.78 is 28.1. The second-order valence-corrected chi connectivity index (χ2v) is 9.47. The summed E-state index contributed by atoms with van der Waals surface area (Å²) in [7, 11) is 3.36. The van der Waals surface area contributed by atoms with E-state index in [1.807, 2.05) is 0 Å². The predicted molar refractivity (Wildman–Crippen MR) is 113 cm³/mol. The number of hydrogen-bond acceptors (Lipinski definition) is 6.